The molecule has 0 aromatic carbocycles. The molecule has 0 bridgehead atoms. The summed E-state index contributed by atoms with van der Waals surface area (Å²) in [5.41, 5.74) is 0. The first-order valence-electron chi connectivity index (χ1n) is 2.07. The second kappa shape index (κ2) is 15.9. The molecule has 0 aliphatic heterocycles. The van der Waals surface area contributed by atoms with E-state index in [1.165, 1.54) is 11.8 Å². The highest BCUT2D eigenvalue weighted by Crippen LogP contribution is 1.56. The summed E-state index contributed by atoms with van der Waals surface area (Å²) in [6.07, 6.45) is 1.86. The molecular formula is C5H12N4. The van der Waals surface area contributed by atoms with E-state index in [0.29, 0.717) is 0 Å². The highest BCUT2D eigenvalue weighted by molar-refractivity contribution is 4.60. The van der Waals surface area contributed by atoms with E-state index in [2.05, 4.69) is 0 Å². The first-order valence-corrected chi connectivity index (χ1v) is 2.07. The van der Waals surface area contributed by atoms with Gasteiger partial charge in [0.05, 0.1) is 6.07 Å². The maximum Gasteiger partial charge on any atom is 0.178 e. The molecule has 4 nitrogen and oxygen atoms in total. The van der Waals surface area contributed by atoms with Crippen molar-refractivity contribution < 1.29 is 0 Å². The molecule has 0 radical (unpaired) electrons. The van der Waals surface area contributed by atoms with Crippen molar-refractivity contribution >= 4 is 0 Å². The van der Waals surface area contributed by atoms with E-state index in [4.69, 9.17) is 10.5 Å². The Morgan fingerprint density at radius 1 is 1.22 bits per heavy atom. The van der Waals surface area contributed by atoms with E-state index >= 15 is 0 Å². The van der Waals surface area contributed by atoms with Gasteiger partial charge in [-0.1, -0.05) is 0 Å². The zero-order valence-corrected chi connectivity index (χ0v) is 6.05. The van der Waals surface area contributed by atoms with E-state index < -0.39 is 0 Å². The Bertz CT molecular complexity index is 105. The van der Waals surface area contributed by atoms with Crippen molar-refractivity contribution in [3.05, 3.63) is 0 Å². The average Bonchev–Trinajstić information content (AvgIpc) is 1.69. The smallest absolute Gasteiger partial charge is 0.178 e. The topological polar surface area (TPSA) is 85.8 Å². The lowest BCUT2D eigenvalue weighted by atomic mass is 11.0. The summed E-state index contributed by atoms with van der Waals surface area (Å²) >= 11 is 0. The maximum absolute atomic E-state index is 7.82. The van der Waals surface area contributed by atoms with Crippen molar-refractivity contribution in [3.8, 4) is 12.3 Å². The Morgan fingerprint density at radius 2 is 1.33 bits per heavy atom. The standard InChI is InChI=1S/C3H6N2.C2H3N.H3N/c1-5(2)3-4;1-2-3;/h1-2H3;1H3;1H3. The number of hydrogen-bond acceptors (Lipinski definition) is 4. The minimum atomic E-state index is 0. The molecule has 0 spiro atoms. The van der Waals surface area contributed by atoms with Gasteiger partial charge in [0.2, 0.25) is 0 Å². The van der Waals surface area contributed by atoms with E-state index in [9.17, 15) is 0 Å². The zero-order valence-electron chi connectivity index (χ0n) is 6.05. The third-order valence-electron chi connectivity index (χ3n) is 0.200. The summed E-state index contributed by atoms with van der Waals surface area (Å²) in [6.45, 7) is 1.43. The van der Waals surface area contributed by atoms with E-state index in [1.807, 2.05) is 6.19 Å². The zero-order chi connectivity index (χ0) is 6.99. The largest absolute Gasteiger partial charge is 0.344 e. The van der Waals surface area contributed by atoms with E-state index in [-0.39, 0.29) is 6.15 Å². The van der Waals surface area contributed by atoms with Crippen LogP contribution in [0.2, 0.25) is 0 Å². The second-order valence-corrected chi connectivity index (χ2v) is 1.22. The molecule has 52 valence electrons. The summed E-state index contributed by atoms with van der Waals surface area (Å²) < 4.78 is 0. The maximum atomic E-state index is 7.82. The fourth-order valence-corrected chi connectivity index (χ4v) is 0. The molecule has 9 heavy (non-hydrogen) atoms. The molecule has 3 N–H and O–H groups in total. The lowest BCUT2D eigenvalue weighted by Crippen LogP contribution is -1.99. The van der Waals surface area contributed by atoms with Crippen LogP contribution in [0.15, 0.2) is 0 Å². The van der Waals surface area contributed by atoms with Gasteiger partial charge in [-0.25, -0.2) is 0 Å². The third kappa shape index (κ3) is 277. The Labute approximate surface area is 55.9 Å². The van der Waals surface area contributed by atoms with Crippen molar-refractivity contribution in [1.82, 2.24) is 11.1 Å². The van der Waals surface area contributed by atoms with Crippen molar-refractivity contribution in [3.63, 3.8) is 0 Å². The van der Waals surface area contributed by atoms with Crippen molar-refractivity contribution in [2.24, 2.45) is 0 Å². The van der Waals surface area contributed by atoms with Crippen LogP contribution in [0.1, 0.15) is 6.92 Å². The molecule has 0 amide bonds. The van der Waals surface area contributed by atoms with E-state index in [0.717, 1.165) is 0 Å². The van der Waals surface area contributed by atoms with Crippen molar-refractivity contribution in [2.75, 3.05) is 14.1 Å². The molecule has 0 saturated carbocycles. The highest BCUT2D eigenvalue weighted by atomic mass is 15.0. The predicted molar refractivity (Wildman–Crippen MR) is 35.6 cm³/mol. The van der Waals surface area contributed by atoms with Crippen LogP contribution >= 0.6 is 0 Å². The van der Waals surface area contributed by atoms with Crippen LogP contribution in [0, 0.1) is 22.8 Å². The minimum absolute atomic E-state index is 0. The molecule has 0 rings (SSSR count). The van der Waals surface area contributed by atoms with Gasteiger partial charge < -0.3 is 11.1 Å². The molecule has 0 fully saturated rings. The van der Waals surface area contributed by atoms with Gasteiger partial charge >= 0.3 is 0 Å². The summed E-state index contributed by atoms with van der Waals surface area (Å²) in [4.78, 5) is 1.43. The Balaban J connectivity index is -0.0000000800. The van der Waals surface area contributed by atoms with Gasteiger partial charge in [-0.05, 0) is 0 Å². The van der Waals surface area contributed by atoms with E-state index in [1.54, 1.807) is 20.2 Å². The molecule has 0 aromatic rings. The fourth-order valence-electron chi connectivity index (χ4n) is 0. The molecule has 0 atom stereocenters. The molecule has 0 aliphatic carbocycles. The van der Waals surface area contributed by atoms with Crippen molar-refractivity contribution in [1.29, 1.82) is 10.5 Å². The van der Waals surface area contributed by atoms with Gasteiger partial charge in [0, 0.05) is 21.0 Å². The third-order valence-corrected chi connectivity index (χ3v) is 0.200. The van der Waals surface area contributed by atoms with Gasteiger partial charge in [-0.2, -0.15) is 10.5 Å². The highest BCUT2D eigenvalue weighted by Gasteiger charge is 1.67. The summed E-state index contributed by atoms with van der Waals surface area (Å²) in [5, 5.41) is 15.1. The second-order valence-electron chi connectivity index (χ2n) is 1.22. The molecule has 0 heterocycles. The lowest BCUT2D eigenvalue weighted by molar-refractivity contribution is 0.585. The van der Waals surface area contributed by atoms with Crippen LogP contribution in [0.4, 0.5) is 0 Å². The summed E-state index contributed by atoms with van der Waals surface area (Å²) in [5.74, 6) is 0. The predicted octanol–water partition coefficient (Wildman–Crippen LogP) is 0.721. The Kier molecular flexibility index (Phi) is 27.6. The molecule has 0 saturated heterocycles. The molecule has 0 unspecified atom stereocenters. The molecule has 4 heteroatoms. The van der Waals surface area contributed by atoms with Crippen LogP contribution in [0.3, 0.4) is 0 Å². The minimum Gasteiger partial charge on any atom is -0.344 e. The van der Waals surface area contributed by atoms with Gasteiger partial charge in [0.15, 0.2) is 6.19 Å². The normalized spacial score (nSPS) is 4.11. The number of nitriles is 2. The van der Waals surface area contributed by atoms with Gasteiger partial charge in [-0.15, -0.1) is 0 Å². The van der Waals surface area contributed by atoms with Crippen LogP contribution in [-0.2, 0) is 0 Å². The Hall–Kier alpha value is -1.26. The molecular weight excluding hydrogens is 116 g/mol. The van der Waals surface area contributed by atoms with Crippen molar-refractivity contribution in [2.45, 2.75) is 6.92 Å². The fraction of sp³-hybridized carbons (Fsp3) is 0.600. The number of rotatable bonds is 0. The van der Waals surface area contributed by atoms with Gasteiger partial charge in [-0.3, -0.25) is 0 Å². The molecule has 0 aliphatic rings. The van der Waals surface area contributed by atoms with Crippen LogP contribution in [0.25, 0.3) is 0 Å². The van der Waals surface area contributed by atoms with Gasteiger partial charge in [0.25, 0.3) is 0 Å². The lowest BCUT2D eigenvalue weighted by Gasteiger charge is -1.89. The summed E-state index contributed by atoms with van der Waals surface area (Å²) in [7, 11) is 3.39. The Morgan fingerprint density at radius 3 is 1.33 bits per heavy atom. The summed E-state index contributed by atoms with van der Waals surface area (Å²) in [6, 6.07) is 1.75. The van der Waals surface area contributed by atoms with Crippen LogP contribution in [0.5, 0.6) is 0 Å². The van der Waals surface area contributed by atoms with Crippen LogP contribution < -0.4 is 6.15 Å². The van der Waals surface area contributed by atoms with Gasteiger partial charge in [0.1, 0.15) is 0 Å². The number of nitrogens with zero attached hydrogens (tertiary/aromatic N) is 3. The monoisotopic (exact) mass is 128 g/mol. The SMILES string of the molecule is CC#N.CN(C)C#N.N. The quantitative estimate of drug-likeness (QED) is 0.384. The average molecular weight is 128 g/mol. The van der Waals surface area contributed by atoms with Crippen LogP contribution in [-0.4, -0.2) is 19.0 Å². The first kappa shape index (κ1) is 15.6. The molecule has 0 aromatic heterocycles. The number of hydrogen-bond donors (Lipinski definition) is 1. The first-order chi connectivity index (χ1) is 3.68.